The Bertz CT molecular complexity index is 493. The summed E-state index contributed by atoms with van der Waals surface area (Å²) >= 11 is 0. The maximum absolute atomic E-state index is 11.8. The lowest BCUT2D eigenvalue weighted by Crippen LogP contribution is -2.35. The highest BCUT2D eigenvalue weighted by atomic mass is 32.2. The molecule has 0 aliphatic carbocycles. The number of hydrogen-bond donors (Lipinski definition) is 2. The average Bonchev–Trinajstić information content (AvgIpc) is 2.41. The fourth-order valence-electron chi connectivity index (χ4n) is 1.85. The minimum Gasteiger partial charge on any atom is -0.309 e. The Morgan fingerprint density at radius 2 is 2.06 bits per heavy atom. The second-order valence-corrected chi connectivity index (χ2v) is 5.90. The maximum Gasteiger partial charge on any atom is 0.276 e. The molecule has 0 radical (unpaired) electrons. The van der Waals surface area contributed by atoms with Crippen LogP contribution in [0.15, 0.2) is 40.3 Å². The van der Waals surface area contributed by atoms with Crippen LogP contribution in [0, 0.1) is 0 Å². The van der Waals surface area contributed by atoms with Gasteiger partial charge in [-0.25, -0.2) is 4.83 Å². The van der Waals surface area contributed by atoms with Crippen LogP contribution in [0.2, 0.25) is 0 Å². The Morgan fingerprint density at radius 3 is 2.72 bits per heavy atom. The van der Waals surface area contributed by atoms with Crippen LogP contribution < -0.4 is 10.1 Å². The molecule has 1 heterocycles. The smallest absolute Gasteiger partial charge is 0.276 e. The summed E-state index contributed by atoms with van der Waals surface area (Å²) in [6.07, 6.45) is 4.94. The number of hydrazone groups is 1. The van der Waals surface area contributed by atoms with Crippen molar-refractivity contribution in [2.75, 3.05) is 6.54 Å². The van der Waals surface area contributed by atoms with Crippen LogP contribution in [-0.2, 0) is 10.0 Å². The number of piperidine rings is 1. The molecule has 1 aliphatic heterocycles. The first-order chi connectivity index (χ1) is 8.68. The van der Waals surface area contributed by atoms with E-state index in [-0.39, 0.29) is 10.9 Å². The minimum absolute atomic E-state index is 0.164. The molecule has 1 atom stereocenters. The Hall–Kier alpha value is -1.40. The first-order valence-electron chi connectivity index (χ1n) is 6.02. The number of benzene rings is 1. The number of sulfonamides is 1. The fourth-order valence-corrected chi connectivity index (χ4v) is 2.67. The van der Waals surface area contributed by atoms with Crippen molar-refractivity contribution in [3.8, 4) is 0 Å². The van der Waals surface area contributed by atoms with E-state index >= 15 is 0 Å². The Kier molecular flexibility index (Phi) is 4.33. The van der Waals surface area contributed by atoms with Gasteiger partial charge in [-0.15, -0.1) is 0 Å². The second-order valence-electron chi connectivity index (χ2n) is 4.24. The van der Waals surface area contributed by atoms with Crippen LogP contribution in [0.25, 0.3) is 0 Å². The van der Waals surface area contributed by atoms with Gasteiger partial charge in [-0.3, -0.25) is 0 Å². The topological polar surface area (TPSA) is 70.6 Å². The van der Waals surface area contributed by atoms with Crippen LogP contribution in [0.4, 0.5) is 0 Å². The van der Waals surface area contributed by atoms with Crippen LogP contribution in [0.3, 0.4) is 0 Å². The van der Waals surface area contributed by atoms with Crippen LogP contribution >= 0.6 is 0 Å². The normalized spacial score (nSPS) is 21.0. The summed E-state index contributed by atoms with van der Waals surface area (Å²) in [5, 5.41) is 7.08. The molecule has 5 nitrogen and oxygen atoms in total. The van der Waals surface area contributed by atoms with Gasteiger partial charge in [0.05, 0.1) is 4.90 Å². The summed E-state index contributed by atoms with van der Waals surface area (Å²) in [7, 11) is -3.54. The molecule has 1 aromatic carbocycles. The third kappa shape index (κ3) is 3.54. The summed E-state index contributed by atoms with van der Waals surface area (Å²) in [4.78, 5) is 2.45. The zero-order chi connectivity index (χ0) is 12.8. The van der Waals surface area contributed by atoms with Crippen molar-refractivity contribution >= 4 is 16.2 Å². The van der Waals surface area contributed by atoms with E-state index < -0.39 is 10.0 Å². The van der Waals surface area contributed by atoms with Gasteiger partial charge in [0.2, 0.25) is 0 Å². The van der Waals surface area contributed by atoms with Gasteiger partial charge >= 0.3 is 0 Å². The highest BCUT2D eigenvalue weighted by Gasteiger charge is 2.13. The monoisotopic (exact) mass is 267 g/mol. The van der Waals surface area contributed by atoms with Gasteiger partial charge in [-0.1, -0.05) is 24.6 Å². The Balaban J connectivity index is 1.95. The molecule has 1 aliphatic rings. The summed E-state index contributed by atoms with van der Waals surface area (Å²) in [6, 6.07) is 8.38. The van der Waals surface area contributed by atoms with Crippen LogP contribution in [0.1, 0.15) is 19.3 Å². The molecule has 6 heteroatoms. The van der Waals surface area contributed by atoms with Gasteiger partial charge in [0.25, 0.3) is 10.0 Å². The lowest BCUT2D eigenvalue weighted by molar-refractivity contribution is 0.475. The summed E-state index contributed by atoms with van der Waals surface area (Å²) < 4.78 is 23.7. The average molecular weight is 267 g/mol. The highest BCUT2D eigenvalue weighted by Crippen LogP contribution is 2.07. The summed E-state index contributed by atoms with van der Waals surface area (Å²) in [6.45, 7) is 0.960. The molecular formula is C12H17N3O2S. The van der Waals surface area contributed by atoms with E-state index in [4.69, 9.17) is 0 Å². The quantitative estimate of drug-likeness (QED) is 0.634. The zero-order valence-corrected chi connectivity index (χ0v) is 10.9. The van der Waals surface area contributed by atoms with Gasteiger partial charge in [0.15, 0.2) is 0 Å². The van der Waals surface area contributed by atoms with Crippen molar-refractivity contribution < 1.29 is 8.42 Å². The van der Waals surface area contributed by atoms with Crippen molar-refractivity contribution in [3.63, 3.8) is 0 Å². The van der Waals surface area contributed by atoms with Crippen molar-refractivity contribution in [2.24, 2.45) is 5.10 Å². The number of hydrogen-bond acceptors (Lipinski definition) is 4. The third-order valence-corrected chi connectivity index (χ3v) is 4.07. The lowest BCUT2D eigenvalue weighted by Gasteiger charge is -2.19. The number of nitrogens with one attached hydrogen (secondary N) is 2. The maximum atomic E-state index is 11.8. The molecule has 0 spiro atoms. The van der Waals surface area contributed by atoms with E-state index in [0.29, 0.717) is 0 Å². The molecule has 2 N–H and O–H groups in total. The first-order valence-corrected chi connectivity index (χ1v) is 7.50. The predicted molar refractivity (Wildman–Crippen MR) is 70.9 cm³/mol. The van der Waals surface area contributed by atoms with E-state index in [1.165, 1.54) is 18.6 Å². The molecule has 0 saturated carbocycles. The standard InChI is InChI=1S/C12H17N3O2S/c16-18(17,12-7-2-1-3-8-12)15-14-10-11-6-4-5-9-13-11/h1-3,7-8,10-11,13,15H,4-6,9H2/b14-10-. The minimum atomic E-state index is -3.54. The van der Waals surface area contributed by atoms with Gasteiger partial charge in [0, 0.05) is 12.3 Å². The fraction of sp³-hybridized carbons (Fsp3) is 0.417. The van der Waals surface area contributed by atoms with E-state index in [1.807, 2.05) is 0 Å². The molecule has 1 saturated heterocycles. The van der Waals surface area contributed by atoms with Crippen molar-refractivity contribution in [1.82, 2.24) is 10.1 Å². The van der Waals surface area contributed by atoms with Crippen LogP contribution in [-0.4, -0.2) is 27.2 Å². The number of nitrogens with zero attached hydrogens (tertiary/aromatic N) is 1. The number of rotatable bonds is 4. The molecule has 1 fully saturated rings. The molecule has 0 amide bonds. The molecule has 98 valence electrons. The van der Waals surface area contributed by atoms with Gasteiger partial charge in [0.1, 0.15) is 0 Å². The van der Waals surface area contributed by atoms with Crippen molar-refractivity contribution in [3.05, 3.63) is 30.3 Å². The summed E-state index contributed by atoms with van der Waals surface area (Å²) in [5.41, 5.74) is 0. The highest BCUT2D eigenvalue weighted by molar-refractivity contribution is 7.89. The molecule has 1 aromatic rings. The van der Waals surface area contributed by atoms with Crippen LogP contribution in [0.5, 0.6) is 0 Å². The molecular weight excluding hydrogens is 250 g/mol. The van der Waals surface area contributed by atoms with Gasteiger partial charge in [-0.05, 0) is 31.5 Å². The molecule has 18 heavy (non-hydrogen) atoms. The third-order valence-electron chi connectivity index (χ3n) is 2.83. The predicted octanol–water partition coefficient (Wildman–Crippen LogP) is 1.09. The Morgan fingerprint density at radius 1 is 1.28 bits per heavy atom. The Labute approximate surface area is 107 Å². The van der Waals surface area contributed by atoms with Gasteiger partial charge in [-0.2, -0.15) is 13.5 Å². The SMILES string of the molecule is O=S(=O)(N/N=C\C1CCCCN1)c1ccccc1. The molecule has 2 rings (SSSR count). The van der Waals surface area contributed by atoms with E-state index in [9.17, 15) is 8.42 Å². The van der Waals surface area contributed by atoms with Crippen molar-refractivity contribution in [1.29, 1.82) is 0 Å². The zero-order valence-electron chi connectivity index (χ0n) is 10.0. The molecule has 0 bridgehead atoms. The lowest BCUT2D eigenvalue weighted by atomic mass is 10.1. The van der Waals surface area contributed by atoms with Gasteiger partial charge < -0.3 is 5.32 Å². The van der Waals surface area contributed by atoms with E-state index in [2.05, 4.69) is 15.2 Å². The second kappa shape index (κ2) is 5.97. The first kappa shape index (κ1) is 13.0. The van der Waals surface area contributed by atoms with E-state index in [1.54, 1.807) is 24.4 Å². The molecule has 1 unspecified atom stereocenters. The molecule has 0 aromatic heterocycles. The summed E-state index contributed by atoms with van der Waals surface area (Å²) in [5.74, 6) is 0. The largest absolute Gasteiger partial charge is 0.309 e. The van der Waals surface area contributed by atoms with Crippen molar-refractivity contribution in [2.45, 2.75) is 30.2 Å². The van der Waals surface area contributed by atoms with E-state index in [0.717, 1.165) is 19.4 Å².